The van der Waals surface area contributed by atoms with E-state index >= 15 is 0 Å². The Morgan fingerprint density at radius 1 is 1.23 bits per heavy atom. The average Bonchev–Trinajstić information content (AvgIpc) is 3.29. The zero-order valence-electron chi connectivity index (χ0n) is 17.6. The highest BCUT2D eigenvalue weighted by molar-refractivity contribution is 8.02. The quantitative estimate of drug-likeness (QED) is 0.500. The lowest BCUT2D eigenvalue weighted by molar-refractivity contribution is 0.171. The van der Waals surface area contributed by atoms with Crippen LogP contribution in [-0.2, 0) is 13.0 Å². The van der Waals surface area contributed by atoms with Crippen LogP contribution in [0.15, 0.2) is 59.7 Å². The van der Waals surface area contributed by atoms with Crippen molar-refractivity contribution >= 4 is 17.6 Å². The van der Waals surface area contributed by atoms with Crippen LogP contribution in [0.25, 0.3) is 11.4 Å². The molecule has 3 aromatic rings. The maximum Gasteiger partial charge on any atom is 0.184 e. The first-order chi connectivity index (χ1) is 15.3. The molecule has 3 heterocycles. The molecular weight excluding hydrogens is 410 g/mol. The maximum atomic E-state index is 5.67. The molecule has 1 aliphatic rings. The third kappa shape index (κ3) is 5.27. The van der Waals surface area contributed by atoms with E-state index in [4.69, 9.17) is 9.47 Å². The molecule has 31 heavy (non-hydrogen) atoms. The summed E-state index contributed by atoms with van der Waals surface area (Å²) < 4.78 is 11.3. The number of allylic oxidation sites excluding steroid dienone is 3. The number of hydrogen-bond acceptors (Lipinski definition) is 7. The van der Waals surface area contributed by atoms with Crippen molar-refractivity contribution in [2.75, 3.05) is 24.8 Å². The van der Waals surface area contributed by atoms with E-state index in [0.29, 0.717) is 32.0 Å². The molecule has 0 radical (unpaired) electrons. The van der Waals surface area contributed by atoms with Gasteiger partial charge < -0.3 is 14.8 Å². The highest BCUT2D eigenvalue weighted by Gasteiger charge is 2.14. The van der Waals surface area contributed by atoms with E-state index in [2.05, 4.69) is 50.0 Å². The zero-order valence-corrected chi connectivity index (χ0v) is 18.4. The minimum atomic E-state index is 0.573. The molecule has 2 aromatic heterocycles. The number of nitrogens with zero attached hydrogens (tertiary/aromatic N) is 3. The second kappa shape index (κ2) is 10.2. The first-order valence-electron chi connectivity index (χ1n) is 10.1. The maximum absolute atomic E-state index is 5.67. The molecule has 0 saturated heterocycles. The Hall–Kier alpha value is -3.26. The van der Waals surface area contributed by atoms with Gasteiger partial charge in [-0.05, 0) is 43.0 Å². The monoisotopic (exact) mass is 435 g/mol. The number of thioether (sulfide) groups is 1. The Balaban J connectivity index is 1.45. The third-order valence-corrected chi connectivity index (χ3v) is 5.60. The van der Waals surface area contributed by atoms with Crippen LogP contribution in [0, 0.1) is 0 Å². The zero-order chi connectivity index (χ0) is 21.5. The summed E-state index contributed by atoms with van der Waals surface area (Å²) in [6, 6.07) is 9.81. The number of rotatable bonds is 8. The molecule has 1 aromatic carbocycles. The van der Waals surface area contributed by atoms with E-state index in [1.165, 1.54) is 4.91 Å². The number of anilines is 1. The standard InChI is InChI=1S/C23H25N5O2S/c1-3-17(31-2)6-4-8-21-26-23(28-27-21)18-7-5-11-24-22(18)25-15-16-9-10-19-20(14-16)30-13-12-29-19/h3-7,9-11,14H,8,12-13,15H2,1-2H3,(H,24,25)(H,26,27,28)/b6-4-,17-3+. The molecule has 0 saturated carbocycles. The SMILES string of the molecule is C/C=C(\C=C/Cc1nc(-c2cccnc2NCc2ccc3c(c2)OCCO3)n[nH]1)SC. The highest BCUT2D eigenvalue weighted by atomic mass is 32.2. The summed E-state index contributed by atoms with van der Waals surface area (Å²) in [6.45, 7) is 3.79. The molecule has 4 rings (SSSR count). The summed E-state index contributed by atoms with van der Waals surface area (Å²) in [5.41, 5.74) is 1.93. The number of ether oxygens (including phenoxy) is 2. The summed E-state index contributed by atoms with van der Waals surface area (Å²) in [6.07, 6.45) is 10.8. The van der Waals surface area contributed by atoms with Crippen LogP contribution in [0.5, 0.6) is 11.5 Å². The predicted molar refractivity (Wildman–Crippen MR) is 124 cm³/mol. The number of pyridine rings is 1. The molecule has 0 fully saturated rings. The van der Waals surface area contributed by atoms with Gasteiger partial charge in [-0.15, -0.1) is 11.8 Å². The Morgan fingerprint density at radius 2 is 2.10 bits per heavy atom. The summed E-state index contributed by atoms with van der Waals surface area (Å²) >= 11 is 1.72. The molecule has 0 amide bonds. The van der Waals surface area contributed by atoms with Gasteiger partial charge in [-0.1, -0.05) is 24.3 Å². The number of nitrogens with one attached hydrogen (secondary N) is 2. The average molecular weight is 436 g/mol. The minimum absolute atomic E-state index is 0.573. The van der Waals surface area contributed by atoms with E-state index in [1.54, 1.807) is 18.0 Å². The van der Waals surface area contributed by atoms with Gasteiger partial charge in [0.05, 0.1) is 5.56 Å². The van der Waals surface area contributed by atoms with Crippen molar-refractivity contribution in [3.05, 3.63) is 71.0 Å². The van der Waals surface area contributed by atoms with Crippen LogP contribution in [0.1, 0.15) is 18.3 Å². The minimum Gasteiger partial charge on any atom is -0.486 e. The molecule has 0 spiro atoms. The Kier molecular flexibility index (Phi) is 6.89. The van der Waals surface area contributed by atoms with Crippen molar-refractivity contribution in [1.29, 1.82) is 0 Å². The predicted octanol–water partition coefficient (Wildman–Crippen LogP) is 4.62. The number of aromatic nitrogens is 4. The lowest BCUT2D eigenvalue weighted by Crippen LogP contribution is -2.15. The first kappa shape index (κ1) is 21.0. The fourth-order valence-electron chi connectivity index (χ4n) is 3.19. The van der Waals surface area contributed by atoms with Crippen LogP contribution in [0.2, 0.25) is 0 Å². The van der Waals surface area contributed by atoms with Gasteiger partial charge in [0.1, 0.15) is 24.9 Å². The smallest absolute Gasteiger partial charge is 0.184 e. The van der Waals surface area contributed by atoms with Gasteiger partial charge >= 0.3 is 0 Å². The van der Waals surface area contributed by atoms with Gasteiger partial charge in [-0.2, -0.15) is 5.10 Å². The van der Waals surface area contributed by atoms with Gasteiger partial charge in [-0.3, -0.25) is 5.10 Å². The molecule has 0 bridgehead atoms. The van der Waals surface area contributed by atoms with Crippen molar-refractivity contribution in [2.24, 2.45) is 0 Å². The Bertz CT molecular complexity index is 1090. The normalized spacial score (nSPS) is 13.5. The van der Waals surface area contributed by atoms with Crippen molar-refractivity contribution in [3.63, 3.8) is 0 Å². The van der Waals surface area contributed by atoms with Crippen molar-refractivity contribution in [3.8, 4) is 22.9 Å². The van der Waals surface area contributed by atoms with Crippen LogP contribution in [-0.4, -0.2) is 39.6 Å². The fourth-order valence-corrected chi connectivity index (χ4v) is 3.65. The van der Waals surface area contributed by atoms with Crippen LogP contribution >= 0.6 is 11.8 Å². The molecule has 7 nitrogen and oxygen atoms in total. The molecular formula is C23H25N5O2S. The van der Waals surface area contributed by atoms with Gasteiger partial charge in [-0.25, -0.2) is 9.97 Å². The van der Waals surface area contributed by atoms with Crippen molar-refractivity contribution in [1.82, 2.24) is 20.2 Å². The summed E-state index contributed by atoms with van der Waals surface area (Å²) in [5, 5.41) is 10.8. The van der Waals surface area contributed by atoms with Crippen molar-refractivity contribution in [2.45, 2.75) is 19.9 Å². The van der Waals surface area contributed by atoms with E-state index in [0.717, 1.165) is 34.3 Å². The van der Waals surface area contributed by atoms with Gasteiger partial charge in [0.25, 0.3) is 0 Å². The molecule has 8 heteroatoms. The Morgan fingerprint density at radius 3 is 2.94 bits per heavy atom. The molecule has 2 N–H and O–H groups in total. The molecule has 1 aliphatic heterocycles. The number of H-pyrrole nitrogens is 1. The topological polar surface area (TPSA) is 85.0 Å². The Labute approximate surface area is 186 Å². The van der Waals surface area contributed by atoms with E-state index in [-0.39, 0.29) is 0 Å². The van der Waals surface area contributed by atoms with Crippen LogP contribution in [0.4, 0.5) is 5.82 Å². The lowest BCUT2D eigenvalue weighted by Gasteiger charge is -2.19. The summed E-state index contributed by atoms with van der Waals surface area (Å²) in [4.78, 5) is 10.4. The number of hydrogen-bond donors (Lipinski definition) is 2. The number of fused-ring (bicyclic) bond motifs is 1. The third-order valence-electron chi connectivity index (χ3n) is 4.76. The fraction of sp³-hybridized carbons (Fsp3) is 0.261. The molecule has 0 atom stereocenters. The second-order valence-corrected chi connectivity index (χ2v) is 7.72. The number of benzene rings is 1. The first-order valence-corrected chi connectivity index (χ1v) is 11.3. The largest absolute Gasteiger partial charge is 0.486 e. The molecule has 0 unspecified atom stereocenters. The van der Waals surface area contributed by atoms with Crippen LogP contribution < -0.4 is 14.8 Å². The van der Waals surface area contributed by atoms with Gasteiger partial charge in [0, 0.05) is 24.1 Å². The highest BCUT2D eigenvalue weighted by Crippen LogP contribution is 2.31. The number of aromatic amines is 1. The van der Waals surface area contributed by atoms with Crippen molar-refractivity contribution < 1.29 is 9.47 Å². The molecule has 0 aliphatic carbocycles. The molecule has 160 valence electrons. The summed E-state index contributed by atoms with van der Waals surface area (Å²) in [7, 11) is 0. The summed E-state index contributed by atoms with van der Waals surface area (Å²) in [5.74, 6) is 3.73. The van der Waals surface area contributed by atoms with Crippen LogP contribution in [0.3, 0.4) is 0 Å². The van der Waals surface area contributed by atoms with E-state index in [9.17, 15) is 0 Å². The second-order valence-electron chi connectivity index (χ2n) is 6.84. The van der Waals surface area contributed by atoms with E-state index in [1.807, 2.05) is 37.3 Å². The van der Waals surface area contributed by atoms with Gasteiger partial charge in [0.2, 0.25) is 0 Å². The van der Waals surface area contributed by atoms with Gasteiger partial charge in [0.15, 0.2) is 17.3 Å². The van der Waals surface area contributed by atoms with E-state index < -0.39 is 0 Å². The lowest BCUT2D eigenvalue weighted by atomic mass is 10.2.